The van der Waals surface area contributed by atoms with E-state index in [1.807, 2.05) is 47.8 Å². The number of halogens is 1. The highest BCUT2D eigenvalue weighted by molar-refractivity contribution is 7.17. The van der Waals surface area contributed by atoms with Gasteiger partial charge in [-0.05, 0) is 37.3 Å². The topological polar surface area (TPSA) is 92.2 Å². The number of nitrogens with one attached hydrogen (secondary N) is 2. The third kappa shape index (κ3) is 5.72. The molecule has 1 saturated heterocycles. The van der Waals surface area contributed by atoms with Crippen molar-refractivity contribution in [2.75, 3.05) is 23.7 Å². The highest BCUT2D eigenvalue weighted by Crippen LogP contribution is 2.28. The number of rotatable bonds is 7. The van der Waals surface area contributed by atoms with E-state index in [2.05, 4.69) is 20.7 Å². The van der Waals surface area contributed by atoms with Gasteiger partial charge in [0.1, 0.15) is 4.88 Å². The van der Waals surface area contributed by atoms with Crippen molar-refractivity contribution in [3.63, 3.8) is 0 Å². The zero-order chi connectivity index (χ0) is 23.4. The average Bonchev–Trinajstić information content (AvgIpc) is 3.46. The fourth-order valence-corrected chi connectivity index (χ4v) is 4.96. The number of aryl methyl sites for hydroxylation is 1. The van der Waals surface area contributed by atoms with Gasteiger partial charge in [-0.25, -0.2) is 4.98 Å². The number of carbonyl (C=O) groups excluding carboxylic acids is 2. The Bertz CT molecular complexity index is 1120. The molecule has 33 heavy (non-hydrogen) atoms. The minimum absolute atomic E-state index is 0.218. The number of nitrogens with zero attached hydrogens (tertiary/aromatic N) is 4. The summed E-state index contributed by atoms with van der Waals surface area (Å²) < 4.78 is 1.90. The Labute approximate surface area is 202 Å². The van der Waals surface area contributed by atoms with E-state index < -0.39 is 0 Å². The molecule has 0 bridgehead atoms. The largest absolute Gasteiger partial charge is 0.342 e. The molecule has 2 N–H and O–H groups in total. The molecule has 3 heterocycles. The first-order valence-corrected chi connectivity index (χ1v) is 12.2. The number of piperidine rings is 1. The second-order valence-corrected chi connectivity index (χ2v) is 9.60. The van der Waals surface area contributed by atoms with E-state index in [4.69, 9.17) is 11.6 Å². The second kappa shape index (κ2) is 10.4. The van der Waals surface area contributed by atoms with Crippen LogP contribution < -0.4 is 10.6 Å². The molecule has 1 atom stereocenters. The maximum atomic E-state index is 12.6. The Morgan fingerprint density at radius 2 is 2.15 bits per heavy atom. The summed E-state index contributed by atoms with van der Waals surface area (Å²) in [6.45, 7) is 6.20. The Kier molecular flexibility index (Phi) is 7.29. The number of hydrogen-bond acceptors (Lipinski definition) is 6. The van der Waals surface area contributed by atoms with Gasteiger partial charge in [-0.15, -0.1) is 0 Å². The molecule has 1 aliphatic heterocycles. The second-order valence-electron chi connectivity index (χ2n) is 8.17. The molecule has 1 aliphatic rings. The molecule has 3 aromatic rings. The smallest absolute Gasteiger partial charge is 0.267 e. The van der Waals surface area contributed by atoms with Gasteiger partial charge in [-0.2, -0.15) is 5.10 Å². The third-order valence-corrected chi connectivity index (χ3v) is 6.91. The maximum absolute atomic E-state index is 12.6. The summed E-state index contributed by atoms with van der Waals surface area (Å²) in [6, 6.07) is 7.36. The summed E-state index contributed by atoms with van der Waals surface area (Å²) in [6.07, 6.45) is 6.12. The zero-order valence-electron chi connectivity index (χ0n) is 18.7. The summed E-state index contributed by atoms with van der Waals surface area (Å²) in [4.78, 5) is 31.4. The predicted molar refractivity (Wildman–Crippen MR) is 131 cm³/mol. The molecule has 0 radical (unpaired) electrons. The molecule has 0 spiro atoms. The maximum Gasteiger partial charge on any atom is 0.267 e. The molecule has 10 heteroatoms. The quantitative estimate of drug-likeness (QED) is 0.493. The van der Waals surface area contributed by atoms with Crippen molar-refractivity contribution < 1.29 is 9.59 Å². The lowest BCUT2D eigenvalue weighted by molar-refractivity contribution is -0.132. The van der Waals surface area contributed by atoms with Crippen molar-refractivity contribution >= 4 is 51.4 Å². The van der Waals surface area contributed by atoms with E-state index >= 15 is 0 Å². The first-order chi connectivity index (χ1) is 15.9. The first kappa shape index (κ1) is 23.3. The van der Waals surface area contributed by atoms with Gasteiger partial charge in [0.15, 0.2) is 10.9 Å². The lowest BCUT2D eigenvalue weighted by Gasteiger charge is -2.32. The predicted octanol–water partition coefficient (Wildman–Crippen LogP) is 4.95. The minimum Gasteiger partial charge on any atom is -0.342 e. The molecular formula is C23H27ClN6O2S. The number of likely N-dealkylation sites (tertiary alicyclic amines) is 1. The summed E-state index contributed by atoms with van der Waals surface area (Å²) >= 11 is 7.45. The van der Waals surface area contributed by atoms with E-state index in [1.165, 1.54) is 17.5 Å². The van der Waals surface area contributed by atoms with Gasteiger partial charge in [0.2, 0.25) is 5.91 Å². The van der Waals surface area contributed by atoms with E-state index in [9.17, 15) is 9.59 Å². The van der Waals surface area contributed by atoms with Crippen LogP contribution in [0.25, 0.3) is 0 Å². The van der Waals surface area contributed by atoms with Crippen molar-refractivity contribution in [2.45, 2.75) is 39.7 Å². The van der Waals surface area contributed by atoms with Gasteiger partial charge in [0.25, 0.3) is 5.91 Å². The zero-order valence-corrected chi connectivity index (χ0v) is 20.2. The van der Waals surface area contributed by atoms with Crippen LogP contribution in [-0.2, 0) is 11.3 Å². The molecular weight excluding hydrogens is 460 g/mol. The van der Waals surface area contributed by atoms with Gasteiger partial charge in [-0.1, -0.05) is 42.0 Å². The first-order valence-electron chi connectivity index (χ1n) is 11.0. The van der Waals surface area contributed by atoms with Gasteiger partial charge in [0.05, 0.1) is 16.9 Å². The van der Waals surface area contributed by atoms with Crippen LogP contribution in [0.3, 0.4) is 0 Å². The Hall–Kier alpha value is -2.91. The molecule has 1 unspecified atom stereocenters. The Morgan fingerprint density at radius 1 is 1.30 bits per heavy atom. The van der Waals surface area contributed by atoms with Crippen LogP contribution in [0.5, 0.6) is 0 Å². The van der Waals surface area contributed by atoms with E-state index in [1.54, 1.807) is 6.07 Å². The van der Waals surface area contributed by atoms with Crippen molar-refractivity contribution in [3.8, 4) is 0 Å². The van der Waals surface area contributed by atoms with Crippen LogP contribution in [0.4, 0.5) is 16.6 Å². The highest BCUT2D eigenvalue weighted by atomic mass is 35.5. The van der Waals surface area contributed by atoms with Crippen LogP contribution in [-0.4, -0.2) is 44.6 Å². The van der Waals surface area contributed by atoms with Crippen molar-refractivity contribution in [1.29, 1.82) is 0 Å². The fourth-order valence-electron chi connectivity index (χ4n) is 3.97. The third-order valence-electron chi connectivity index (χ3n) is 5.69. The van der Waals surface area contributed by atoms with E-state index in [0.717, 1.165) is 38.0 Å². The molecule has 0 saturated carbocycles. The summed E-state index contributed by atoms with van der Waals surface area (Å²) in [5.41, 5.74) is 1.50. The average molecular weight is 487 g/mol. The summed E-state index contributed by atoms with van der Waals surface area (Å²) in [5.74, 6) is 1.02. The number of anilines is 3. The molecule has 1 fully saturated rings. The number of para-hydroxylation sites is 1. The molecule has 2 amide bonds. The van der Waals surface area contributed by atoms with Crippen molar-refractivity contribution in [3.05, 3.63) is 52.1 Å². The van der Waals surface area contributed by atoms with Crippen LogP contribution in [0.15, 0.2) is 36.7 Å². The summed E-state index contributed by atoms with van der Waals surface area (Å²) in [5, 5.41) is 11.7. The number of amides is 2. The Morgan fingerprint density at radius 3 is 2.94 bits per heavy atom. The monoisotopic (exact) mass is 486 g/mol. The highest BCUT2D eigenvalue weighted by Gasteiger charge is 2.23. The fraction of sp³-hybridized carbons (Fsp3) is 0.391. The Balaban J connectivity index is 1.34. The molecule has 8 nitrogen and oxygen atoms in total. The number of benzene rings is 1. The number of thiazole rings is 1. The minimum atomic E-state index is -0.259. The lowest BCUT2D eigenvalue weighted by Crippen LogP contribution is -2.40. The SMILES string of the molecule is CCC(=O)N1CCCC(Cn2ccc(Nc3ncc(C(=O)Nc4c(C)cccc4Cl)s3)n2)C1. The van der Waals surface area contributed by atoms with Crippen molar-refractivity contribution in [2.24, 2.45) is 5.92 Å². The van der Waals surface area contributed by atoms with Gasteiger partial charge in [-0.3, -0.25) is 14.3 Å². The molecule has 1 aromatic carbocycles. The number of hydrogen-bond donors (Lipinski definition) is 2. The van der Waals surface area contributed by atoms with E-state index in [-0.39, 0.29) is 11.8 Å². The summed E-state index contributed by atoms with van der Waals surface area (Å²) in [7, 11) is 0. The molecule has 4 rings (SSSR count). The van der Waals surface area contributed by atoms with E-state index in [0.29, 0.717) is 38.9 Å². The van der Waals surface area contributed by atoms with Crippen LogP contribution in [0, 0.1) is 12.8 Å². The van der Waals surface area contributed by atoms with Gasteiger partial charge >= 0.3 is 0 Å². The van der Waals surface area contributed by atoms with Crippen LogP contribution in [0.1, 0.15) is 41.4 Å². The standard InChI is InChI=1S/C23H27ClN6O2S/c1-3-20(31)29-10-5-7-16(13-29)14-30-11-9-19(28-30)26-23-25-12-18(33-23)22(32)27-21-15(2)6-4-8-17(21)24/h4,6,8-9,11-12,16H,3,5,7,10,13-14H2,1-2H3,(H,27,32)(H,25,26,28). The van der Waals surface area contributed by atoms with Crippen LogP contribution >= 0.6 is 22.9 Å². The number of carbonyl (C=O) groups is 2. The normalized spacial score (nSPS) is 16.0. The molecule has 174 valence electrons. The van der Waals surface area contributed by atoms with Gasteiger partial charge in [0, 0.05) is 38.3 Å². The van der Waals surface area contributed by atoms with Gasteiger partial charge < -0.3 is 15.5 Å². The molecule has 0 aliphatic carbocycles. The van der Waals surface area contributed by atoms with Crippen LogP contribution in [0.2, 0.25) is 5.02 Å². The number of aromatic nitrogens is 3. The molecule has 2 aromatic heterocycles. The van der Waals surface area contributed by atoms with Crippen molar-refractivity contribution in [1.82, 2.24) is 19.7 Å². The lowest BCUT2D eigenvalue weighted by atomic mass is 9.98.